The van der Waals surface area contributed by atoms with Crippen molar-refractivity contribution in [3.8, 4) is 0 Å². The van der Waals surface area contributed by atoms with E-state index in [1.807, 2.05) is 0 Å². The van der Waals surface area contributed by atoms with Gasteiger partial charge in [0.25, 0.3) is 10.1 Å². The van der Waals surface area contributed by atoms with E-state index in [0.717, 1.165) is 0 Å². The quantitative estimate of drug-likeness (QED) is 0.492. The molecule has 0 aliphatic heterocycles. The van der Waals surface area contributed by atoms with E-state index in [4.69, 9.17) is 14.8 Å². The summed E-state index contributed by atoms with van der Waals surface area (Å²) in [6.45, 7) is 13.0. The van der Waals surface area contributed by atoms with Crippen LogP contribution in [0.1, 0.15) is 6.42 Å². The van der Waals surface area contributed by atoms with Gasteiger partial charge in [0.05, 0.1) is 6.42 Å². The summed E-state index contributed by atoms with van der Waals surface area (Å²) < 4.78 is 28.7. The Kier molecular flexibility index (Phi) is 20.9. The van der Waals surface area contributed by atoms with Gasteiger partial charge < -0.3 is 10.2 Å². The van der Waals surface area contributed by atoms with E-state index in [1.165, 1.54) is 12.2 Å². The van der Waals surface area contributed by atoms with Crippen LogP contribution in [-0.4, -0.2) is 40.4 Å². The van der Waals surface area contributed by atoms with Crippen molar-refractivity contribution in [2.24, 2.45) is 0 Å². The SMILES string of the molecule is C=C[CH2-].C=C[CH2-].O=C(O)CC(C(=O)O)S(=O)(=O)O.[Zr+2]. The largest absolute Gasteiger partial charge is 2.00 e. The summed E-state index contributed by atoms with van der Waals surface area (Å²) in [5.74, 6) is -3.50. The maximum atomic E-state index is 10.2. The van der Waals surface area contributed by atoms with E-state index in [9.17, 15) is 18.0 Å². The summed E-state index contributed by atoms with van der Waals surface area (Å²) in [5.41, 5.74) is 0. The van der Waals surface area contributed by atoms with Crippen molar-refractivity contribution >= 4 is 22.1 Å². The molecule has 0 fully saturated rings. The van der Waals surface area contributed by atoms with Crippen LogP contribution in [0.2, 0.25) is 0 Å². The molecular formula is C10H16O7SZr. The second kappa shape index (κ2) is 15.0. The number of carbonyl (C=O) groups is 2. The number of hydrogen-bond donors (Lipinski definition) is 3. The summed E-state index contributed by atoms with van der Waals surface area (Å²) in [5, 5.41) is 13.9. The van der Waals surface area contributed by atoms with E-state index in [-0.39, 0.29) is 26.2 Å². The van der Waals surface area contributed by atoms with Crippen LogP contribution in [0.25, 0.3) is 0 Å². The number of aliphatic carboxylic acids is 2. The van der Waals surface area contributed by atoms with Gasteiger partial charge in [-0.3, -0.25) is 14.1 Å². The van der Waals surface area contributed by atoms with Gasteiger partial charge in [-0.1, -0.05) is 0 Å². The maximum Gasteiger partial charge on any atom is 2.00 e. The first-order chi connectivity index (χ1) is 8.08. The predicted octanol–water partition coefficient (Wildman–Crippen LogP) is 0.813. The second-order valence-electron chi connectivity index (χ2n) is 2.52. The summed E-state index contributed by atoms with van der Waals surface area (Å²) in [7, 11) is -4.84. The summed E-state index contributed by atoms with van der Waals surface area (Å²) >= 11 is 0. The second-order valence-corrected chi connectivity index (χ2v) is 4.12. The topological polar surface area (TPSA) is 129 Å². The van der Waals surface area contributed by atoms with Crippen molar-refractivity contribution < 1.29 is 59.0 Å². The molecule has 0 spiro atoms. The molecule has 0 rings (SSSR count). The first-order valence-corrected chi connectivity index (χ1v) is 5.79. The minimum atomic E-state index is -4.84. The molecule has 0 aliphatic carbocycles. The molecule has 0 heterocycles. The van der Waals surface area contributed by atoms with Gasteiger partial charge in [-0.2, -0.15) is 8.42 Å². The van der Waals surface area contributed by atoms with E-state index < -0.39 is 33.7 Å². The Hall–Kier alpha value is -1.05. The molecule has 0 amide bonds. The van der Waals surface area contributed by atoms with Crippen molar-refractivity contribution in [2.45, 2.75) is 11.7 Å². The molecule has 19 heavy (non-hydrogen) atoms. The first-order valence-electron chi connectivity index (χ1n) is 4.29. The molecule has 0 aromatic rings. The number of carboxylic acids is 2. The number of allylic oxidation sites excluding steroid dienone is 2. The molecule has 7 nitrogen and oxygen atoms in total. The van der Waals surface area contributed by atoms with E-state index >= 15 is 0 Å². The Bertz CT molecular complexity index is 369. The Balaban J connectivity index is -0.000000137. The average Bonchev–Trinajstić information content (AvgIpc) is 2.14. The molecule has 0 radical (unpaired) electrons. The van der Waals surface area contributed by atoms with Crippen molar-refractivity contribution in [3.05, 3.63) is 39.2 Å². The van der Waals surface area contributed by atoms with Crippen LogP contribution in [0.3, 0.4) is 0 Å². The zero-order valence-electron chi connectivity index (χ0n) is 10.2. The van der Waals surface area contributed by atoms with E-state index in [2.05, 4.69) is 27.0 Å². The van der Waals surface area contributed by atoms with Gasteiger partial charge in [-0.15, -0.1) is 0 Å². The molecule has 1 unspecified atom stereocenters. The summed E-state index contributed by atoms with van der Waals surface area (Å²) in [6, 6.07) is 0. The Labute approximate surface area is 131 Å². The standard InChI is InChI=1S/C4H6O7S.2C3H5.Zr/c5-3(6)1-2(4(7)8)12(9,10)11;2*1-3-2;/h2H,1H2,(H,5,6)(H,7,8)(H,9,10,11);2*3H,1-2H2;/q;2*-1;+2. The van der Waals surface area contributed by atoms with Crippen molar-refractivity contribution in [2.75, 3.05) is 0 Å². The van der Waals surface area contributed by atoms with Crippen LogP contribution in [0, 0.1) is 13.8 Å². The third-order valence-corrected chi connectivity index (χ3v) is 2.08. The van der Waals surface area contributed by atoms with Gasteiger partial charge in [-0.25, -0.2) is 39.2 Å². The monoisotopic (exact) mass is 370 g/mol. The molecule has 0 saturated heterocycles. The fraction of sp³-hybridized carbons (Fsp3) is 0.200. The molecule has 0 bridgehead atoms. The smallest absolute Gasteiger partial charge is 0.481 e. The molecule has 0 aromatic heterocycles. The fourth-order valence-electron chi connectivity index (χ4n) is 0.479. The van der Waals surface area contributed by atoms with Gasteiger partial charge in [0, 0.05) is 0 Å². The molecule has 3 N–H and O–H groups in total. The molecular weight excluding hydrogens is 355 g/mol. The molecule has 1 atom stereocenters. The minimum Gasteiger partial charge on any atom is -0.481 e. The third-order valence-electron chi connectivity index (χ3n) is 0.995. The Morgan fingerprint density at radius 2 is 1.42 bits per heavy atom. The normalized spacial score (nSPS) is 9.95. The van der Waals surface area contributed by atoms with Crippen molar-refractivity contribution in [3.63, 3.8) is 0 Å². The fourth-order valence-corrected chi connectivity index (χ4v) is 1.09. The zero-order valence-corrected chi connectivity index (χ0v) is 13.4. The van der Waals surface area contributed by atoms with Crippen LogP contribution < -0.4 is 0 Å². The van der Waals surface area contributed by atoms with Crippen molar-refractivity contribution in [1.29, 1.82) is 0 Å². The van der Waals surface area contributed by atoms with Gasteiger partial charge in [0.2, 0.25) is 0 Å². The number of hydrogen-bond acceptors (Lipinski definition) is 4. The predicted molar refractivity (Wildman–Crippen MR) is 66.3 cm³/mol. The molecule has 0 aliphatic rings. The molecule has 108 valence electrons. The number of rotatable bonds is 4. The van der Waals surface area contributed by atoms with Gasteiger partial charge in [-0.05, 0) is 0 Å². The molecule has 0 aromatic carbocycles. The van der Waals surface area contributed by atoms with Crippen LogP contribution in [-0.2, 0) is 45.9 Å². The molecule has 0 saturated carbocycles. The van der Waals surface area contributed by atoms with Gasteiger partial charge in [0.15, 0.2) is 5.25 Å². The van der Waals surface area contributed by atoms with Crippen LogP contribution in [0.15, 0.2) is 25.3 Å². The minimum absolute atomic E-state index is 0. The van der Waals surface area contributed by atoms with E-state index in [0.29, 0.717) is 0 Å². The first kappa shape index (κ1) is 26.5. The number of carboxylic acid groups (broad SMARTS) is 2. The van der Waals surface area contributed by atoms with Crippen LogP contribution in [0.4, 0.5) is 0 Å². The van der Waals surface area contributed by atoms with E-state index in [1.54, 1.807) is 0 Å². The average molecular weight is 372 g/mol. The van der Waals surface area contributed by atoms with Crippen LogP contribution >= 0.6 is 0 Å². The Morgan fingerprint density at radius 3 is 1.47 bits per heavy atom. The van der Waals surface area contributed by atoms with Gasteiger partial charge >= 0.3 is 38.1 Å². The van der Waals surface area contributed by atoms with Crippen LogP contribution in [0.5, 0.6) is 0 Å². The maximum absolute atomic E-state index is 10.2. The van der Waals surface area contributed by atoms with Gasteiger partial charge in [0.1, 0.15) is 0 Å². The van der Waals surface area contributed by atoms with Crippen molar-refractivity contribution in [1.82, 2.24) is 0 Å². The third kappa shape index (κ3) is 22.6. The zero-order chi connectivity index (χ0) is 15.4. The summed E-state index contributed by atoms with van der Waals surface area (Å²) in [4.78, 5) is 20.0. The molecule has 9 heteroatoms. The Morgan fingerprint density at radius 1 is 1.16 bits per heavy atom. The summed E-state index contributed by atoms with van der Waals surface area (Å²) in [6.07, 6.45) is 1.84.